The van der Waals surface area contributed by atoms with E-state index in [-0.39, 0.29) is 12.4 Å². The molecule has 2 aromatic carbocycles. The molecule has 0 spiro atoms. The molecule has 1 atom stereocenters. The summed E-state index contributed by atoms with van der Waals surface area (Å²) in [6.45, 7) is 0.326. The van der Waals surface area contributed by atoms with Crippen molar-refractivity contribution in [2.45, 2.75) is 12.5 Å². The lowest BCUT2D eigenvalue weighted by molar-refractivity contribution is 0.174. The highest BCUT2D eigenvalue weighted by molar-refractivity contribution is 5.85. The molecule has 1 heterocycles. The maximum Gasteiger partial charge on any atom is 0.231 e. The fourth-order valence-electron chi connectivity index (χ4n) is 2.38. The molecule has 0 aromatic heterocycles. The molecule has 1 unspecified atom stereocenters. The topological polar surface area (TPSA) is 30.5 Å². The molecule has 1 aliphatic heterocycles. The molecule has 20 heavy (non-hydrogen) atoms. The van der Waals surface area contributed by atoms with Crippen LogP contribution in [0.4, 0.5) is 0 Å². The van der Waals surface area contributed by atoms with E-state index in [2.05, 4.69) is 41.7 Å². The van der Waals surface area contributed by atoms with Crippen molar-refractivity contribution >= 4 is 12.4 Å². The lowest BCUT2D eigenvalue weighted by atomic mass is 9.99. The van der Waals surface area contributed by atoms with Gasteiger partial charge in [-0.25, -0.2) is 0 Å². The van der Waals surface area contributed by atoms with Crippen molar-refractivity contribution in [1.82, 2.24) is 5.32 Å². The maximum absolute atomic E-state index is 5.42. The average molecular weight is 292 g/mol. The molecule has 0 saturated heterocycles. The van der Waals surface area contributed by atoms with Gasteiger partial charge in [0.25, 0.3) is 0 Å². The first kappa shape index (κ1) is 14.7. The van der Waals surface area contributed by atoms with Gasteiger partial charge in [0.15, 0.2) is 11.5 Å². The summed E-state index contributed by atoms with van der Waals surface area (Å²) in [5, 5.41) is 3.36. The summed E-state index contributed by atoms with van der Waals surface area (Å²) in [7, 11) is 1.99. The molecule has 0 bridgehead atoms. The van der Waals surface area contributed by atoms with Crippen molar-refractivity contribution < 1.29 is 9.47 Å². The molecule has 0 aliphatic carbocycles. The van der Waals surface area contributed by atoms with Crippen LogP contribution in [0.2, 0.25) is 0 Å². The summed E-state index contributed by atoms with van der Waals surface area (Å²) >= 11 is 0. The van der Waals surface area contributed by atoms with Gasteiger partial charge in [-0.1, -0.05) is 36.4 Å². The van der Waals surface area contributed by atoms with Gasteiger partial charge in [-0.15, -0.1) is 12.4 Å². The average Bonchev–Trinajstić information content (AvgIpc) is 2.93. The van der Waals surface area contributed by atoms with Gasteiger partial charge in [0.05, 0.1) is 0 Å². The summed E-state index contributed by atoms with van der Waals surface area (Å²) in [6, 6.07) is 16.9. The van der Waals surface area contributed by atoms with E-state index >= 15 is 0 Å². The molecule has 4 heteroatoms. The summed E-state index contributed by atoms with van der Waals surface area (Å²) in [5.74, 6) is 1.69. The Hall–Kier alpha value is -1.71. The molecule has 3 nitrogen and oxygen atoms in total. The molecule has 3 rings (SSSR count). The van der Waals surface area contributed by atoms with Crippen molar-refractivity contribution in [2.24, 2.45) is 0 Å². The Labute approximate surface area is 125 Å². The minimum absolute atomic E-state index is 0. The second kappa shape index (κ2) is 6.64. The van der Waals surface area contributed by atoms with E-state index in [1.165, 1.54) is 11.1 Å². The van der Waals surface area contributed by atoms with Crippen LogP contribution in [-0.2, 0) is 6.42 Å². The van der Waals surface area contributed by atoms with Crippen molar-refractivity contribution in [3.63, 3.8) is 0 Å². The van der Waals surface area contributed by atoms with Crippen LogP contribution in [0, 0.1) is 0 Å². The summed E-state index contributed by atoms with van der Waals surface area (Å²) in [4.78, 5) is 0. The summed E-state index contributed by atoms with van der Waals surface area (Å²) < 4.78 is 10.7. The van der Waals surface area contributed by atoms with Crippen LogP contribution in [0.3, 0.4) is 0 Å². The van der Waals surface area contributed by atoms with Crippen molar-refractivity contribution in [3.8, 4) is 11.5 Å². The second-order valence-corrected chi connectivity index (χ2v) is 4.64. The van der Waals surface area contributed by atoms with Gasteiger partial charge in [-0.2, -0.15) is 0 Å². The predicted octanol–water partition coefficient (Wildman–Crippen LogP) is 3.34. The molecule has 2 aromatic rings. The van der Waals surface area contributed by atoms with Gasteiger partial charge in [0.2, 0.25) is 6.79 Å². The number of fused-ring (bicyclic) bond motifs is 1. The van der Waals surface area contributed by atoms with Crippen LogP contribution in [0.25, 0.3) is 0 Å². The van der Waals surface area contributed by atoms with Crippen LogP contribution in [0.15, 0.2) is 48.5 Å². The van der Waals surface area contributed by atoms with E-state index in [1.54, 1.807) is 0 Å². The van der Waals surface area contributed by atoms with Crippen LogP contribution in [0.1, 0.15) is 17.2 Å². The fourth-order valence-corrected chi connectivity index (χ4v) is 2.38. The molecule has 0 fully saturated rings. The monoisotopic (exact) mass is 291 g/mol. The Bertz CT molecular complexity index is 560. The number of likely N-dealkylation sites (N-methyl/N-ethyl adjacent to an activating group) is 1. The third-order valence-electron chi connectivity index (χ3n) is 3.43. The smallest absolute Gasteiger partial charge is 0.231 e. The summed E-state index contributed by atoms with van der Waals surface area (Å²) in [6.07, 6.45) is 0.928. The second-order valence-electron chi connectivity index (χ2n) is 4.64. The molecule has 0 saturated carbocycles. The molecule has 106 valence electrons. The van der Waals surface area contributed by atoms with E-state index in [0.29, 0.717) is 12.8 Å². The number of nitrogens with one attached hydrogen (secondary N) is 1. The normalized spacial score (nSPS) is 13.7. The minimum Gasteiger partial charge on any atom is -0.454 e. The van der Waals surface area contributed by atoms with Crippen LogP contribution in [0.5, 0.6) is 11.5 Å². The largest absolute Gasteiger partial charge is 0.454 e. The number of hydrogen-bond donors (Lipinski definition) is 1. The van der Waals surface area contributed by atoms with Gasteiger partial charge in [0, 0.05) is 6.04 Å². The zero-order valence-corrected chi connectivity index (χ0v) is 12.2. The Kier molecular flexibility index (Phi) is 4.88. The fraction of sp³-hybridized carbons (Fsp3) is 0.250. The first-order chi connectivity index (χ1) is 9.36. The maximum atomic E-state index is 5.42. The van der Waals surface area contributed by atoms with Gasteiger partial charge < -0.3 is 14.8 Å². The Balaban J connectivity index is 0.00000147. The van der Waals surface area contributed by atoms with Crippen molar-refractivity contribution in [1.29, 1.82) is 0 Å². The first-order valence-electron chi connectivity index (χ1n) is 6.47. The van der Waals surface area contributed by atoms with E-state index < -0.39 is 0 Å². The van der Waals surface area contributed by atoms with E-state index in [1.807, 2.05) is 19.2 Å². The van der Waals surface area contributed by atoms with E-state index in [9.17, 15) is 0 Å². The van der Waals surface area contributed by atoms with Gasteiger partial charge in [-0.3, -0.25) is 0 Å². The number of hydrogen-bond acceptors (Lipinski definition) is 3. The van der Waals surface area contributed by atoms with Crippen LogP contribution in [-0.4, -0.2) is 13.8 Å². The number of benzene rings is 2. The minimum atomic E-state index is 0. The summed E-state index contributed by atoms with van der Waals surface area (Å²) in [5.41, 5.74) is 2.54. The third-order valence-corrected chi connectivity index (χ3v) is 3.43. The van der Waals surface area contributed by atoms with E-state index in [0.717, 1.165) is 17.9 Å². The Morgan fingerprint density at radius 2 is 1.80 bits per heavy atom. The number of ether oxygens (including phenoxy) is 2. The predicted molar refractivity (Wildman–Crippen MR) is 81.8 cm³/mol. The third kappa shape index (κ3) is 3.06. The highest BCUT2D eigenvalue weighted by Gasteiger charge is 2.15. The highest BCUT2D eigenvalue weighted by atomic mass is 35.5. The molecule has 0 radical (unpaired) electrons. The van der Waals surface area contributed by atoms with E-state index in [4.69, 9.17) is 9.47 Å². The molecular weight excluding hydrogens is 274 g/mol. The zero-order chi connectivity index (χ0) is 13.1. The van der Waals surface area contributed by atoms with Gasteiger partial charge >= 0.3 is 0 Å². The molecule has 1 N–H and O–H groups in total. The standard InChI is InChI=1S/C16H17NO2.ClH/c1-17-14(13-5-3-2-4-6-13)9-12-7-8-15-16(10-12)19-11-18-15;/h2-8,10,14,17H,9,11H2,1H3;1H. The van der Waals surface area contributed by atoms with Crippen LogP contribution >= 0.6 is 12.4 Å². The lowest BCUT2D eigenvalue weighted by Crippen LogP contribution is -2.18. The SMILES string of the molecule is CNC(Cc1ccc2c(c1)OCO2)c1ccccc1.Cl. The quantitative estimate of drug-likeness (QED) is 0.937. The first-order valence-corrected chi connectivity index (χ1v) is 6.47. The zero-order valence-electron chi connectivity index (χ0n) is 11.3. The number of rotatable bonds is 4. The molecular formula is C16H18ClNO2. The highest BCUT2D eigenvalue weighted by Crippen LogP contribution is 2.33. The van der Waals surface area contributed by atoms with Crippen LogP contribution < -0.4 is 14.8 Å². The number of halogens is 1. The lowest BCUT2D eigenvalue weighted by Gasteiger charge is -2.17. The Morgan fingerprint density at radius 3 is 2.55 bits per heavy atom. The van der Waals surface area contributed by atoms with Gasteiger partial charge in [0.1, 0.15) is 0 Å². The van der Waals surface area contributed by atoms with Gasteiger partial charge in [-0.05, 0) is 36.7 Å². The molecule has 0 amide bonds. The Morgan fingerprint density at radius 1 is 1.05 bits per heavy atom. The van der Waals surface area contributed by atoms with Crippen molar-refractivity contribution in [2.75, 3.05) is 13.8 Å². The van der Waals surface area contributed by atoms with Crippen molar-refractivity contribution in [3.05, 3.63) is 59.7 Å². The molecule has 1 aliphatic rings.